The predicted octanol–water partition coefficient (Wildman–Crippen LogP) is 1.13. The van der Waals surface area contributed by atoms with Gasteiger partial charge in [0.1, 0.15) is 0 Å². The Bertz CT molecular complexity index is 99.7. The highest BCUT2D eigenvalue weighted by Crippen LogP contribution is 2.07. The van der Waals surface area contributed by atoms with Crippen LogP contribution in [0.15, 0.2) is 0 Å². The molecule has 0 aliphatic heterocycles. The van der Waals surface area contributed by atoms with E-state index in [2.05, 4.69) is 51.8 Å². The Labute approximate surface area is 71.2 Å². The van der Waals surface area contributed by atoms with Crippen LogP contribution in [0, 0.1) is 5.92 Å². The van der Waals surface area contributed by atoms with Crippen LogP contribution in [-0.2, 0) is 0 Å². The molecule has 0 aliphatic rings. The van der Waals surface area contributed by atoms with Gasteiger partial charge in [-0.15, -0.1) is 0 Å². The predicted molar refractivity (Wildman–Crippen MR) is 50.9 cm³/mol. The molecule has 68 valence electrons. The van der Waals surface area contributed by atoms with Crippen molar-refractivity contribution in [3.05, 3.63) is 0 Å². The van der Waals surface area contributed by atoms with E-state index in [-0.39, 0.29) is 0 Å². The van der Waals surface area contributed by atoms with Crippen molar-refractivity contribution in [3.63, 3.8) is 0 Å². The van der Waals surface area contributed by atoms with Crippen molar-refractivity contribution >= 4 is 0 Å². The third-order valence-corrected chi connectivity index (χ3v) is 2.29. The average Bonchev–Trinajstić information content (AvgIpc) is 1.84. The molecule has 2 atom stereocenters. The standard InChI is InChI=1S/C9H22N2/c1-8(7-10(3)4)9(2)11(5)6/h8-9H,7H2,1-6H3. The summed E-state index contributed by atoms with van der Waals surface area (Å²) in [5.41, 5.74) is 0. The summed E-state index contributed by atoms with van der Waals surface area (Å²) in [6, 6.07) is 0.664. The largest absolute Gasteiger partial charge is 0.309 e. The van der Waals surface area contributed by atoms with Crippen molar-refractivity contribution < 1.29 is 0 Å². The van der Waals surface area contributed by atoms with Crippen LogP contribution in [0.3, 0.4) is 0 Å². The molecule has 2 heteroatoms. The third kappa shape index (κ3) is 4.38. The Morgan fingerprint density at radius 3 is 1.73 bits per heavy atom. The zero-order valence-electron chi connectivity index (χ0n) is 8.76. The summed E-state index contributed by atoms with van der Waals surface area (Å²) < 4.78 is 0. The number of rotatable bonds is 4. The second kappa shape index (κ2) is 4.73. The maximum Gasteiger partial charge on any atom is 0.00986 e. The van der Waals surface area contributed by atoms with Gasteiger partial charge in [-0.3, -0.25) is 0 Å². The first-order valence-electron chi connectivity index (χ1n) is 4.26. The molecule has 0 aromatic carbocycles. The first-order chi connectivity index (χ1) is 4.95. The van der Waals surface area contributed by atoms with Crippen LogP contribution >= 0.6 is 0 Å². The average molecular weight is 158 g/mol. The first kappa shape index (κ1) is 10.9. The molecule has 0 saturated heterocycles. The van der Waals surface area contributed by atoms with Gasteiger partial charge in [0.05, 0.1) is 0 Å². The molecule has 2 nitrogen and oxygen atoms in total. The van der Waals surface area contributed by atoms with E-state index in [0.717, 1.165) is 5.92 Å². The lowest BCUT2D eigenvalue weighted by Gasteiger charge is -2.28. The first-order valence-corrected chi connectivity index (χ1v) is 4.26. The van der Waals surface area contributed by atoms with E-state index in [9.17, 15) is 0 Å². The van der Waals surface area contributed by atoms with E-state index in [1.165, 1.54) is 6.54 Å². The second-order valence-corrected chi connectivity index (χ2v) is 3.94. The van der Waals surface area contributed by atoms with Gasteiger partial charge in [0.15, 0.2) is 0 Å². The smallest absolute Gasteiger partial charge is 0.00986 e. The minimum Gasteiger partial charge on any atom is -0.309 e. The van der Waals surface area contributed by atoms with E-state index >= 15 is 0 Å². The van der Waals surface area contributed by atoms with E-state index in [1.54, 1.807) is 0 Å². The van der Waals surface area contributed by atoms with Gasteiger partial charge in [0.2, 0.25) is 0 Å². The van der Waals surface area contributed by atoms with Crippen molar-refractivity contribution in [3.8, 4) is 0 Å². The summed E-state index contributed by atoms with van der Waals surface area (Å²) in [5.74, 6) is 0.736. The molecule has 2 unspecified atom stereocenters. The molecule has 0 aromatic rings. The fourth-order valence-corrected chi connectivity index (χ4v) is 1.24. The molecule has 0 bridgehead atoms. The zero-order chi connectivity index (χ0) is 9.02. The number of nitrogens with zero attached hydrogens (tertiary/aromatic N) is 2. The van der Waals surface area contributed by atoms with Gasteiger partial charge in [-0.25, -0.2) is 0 Å². The topological polar surface area (TPSA) is 6.48 Å². The van der Waals surface area contributed by atoms with Gasteiger partial charge in [-0.2, -0.15) is 0 Å². The monoisotopic (exact) mass is 158 g/mol. The van der Waals surface area contributed by atoms with E-state index < -0.39 is 0 Å². The van der Waals surface area contributed by atoms with Gasteiger partial charge in [0.25, 0.3) is 0 Å². The Hall–Kier alpha value is -0.0800. The summed E-state index contributed by atoms with van der Waals surface area (Å²) in [4.78, 5) is 4.51. The van der Waals surface area contributed by atoms with Gasteiger partial charge >= 0.3 is 0 Å². The summed E-state index contributed by atoms with van der Waals surface area (Å²) in [6.45, 7) is 5.73. The summed E-state index contributed by atoms with van der Waals surface area (Å²) in [5, 5.41) is 0. The lowest BCUT2D eigenvalue weighted by Crippen LogP contribution is -2.36. The molecular formula is C9H22N2. The third-order valence-electron chi connectivity index (χ3n) is 2.29. The Morgan fingerprint density at radius 1 is 1.00 bits per heavy atom. The molecule has 0 saturated carbocycles. The van der Waals surface area contributed by atoms with Crippen LogP contribution in [0.1, 0.15) is 13.8 Å². The number of hydrogen-bond acceptors (Lipinski definition) is 2. The summed E-state index contributed by atoms with van der Waals surface area (Å²) in [7, 11) is 8.52. The zero-order valence-corrected chi connectivity index (χ0v) is 8.76. The highest BCUT2D eigenvalue weighted by molar-refractivity contribution is 4.69. The molecule has 0 N–H and O–H groups in total. The highest BCUT2D eigenvalue weighted by Gasteiger charge is 2.13. The minimum atomic E-state index is 0.664. The normalized spacial score (nSPS) is 17.5. The van der Waals surface area contributed by atoms with Crippen molar-refractivity contribution in [1.29, 1.82) is 0 Å². The Morgan fingerprint density at radius 2 is 1.45 bits per heavy atom. The molecule has 0 amide bonds. The fraction of sp³-hybridized carbons (Fsp3) is 1.00. The minimum absolute atomic E-state index is 0.664. The molecule has 0 radical (unpaired) electrons. The van der Waals surface area contributed by atoms with Crippen molar-refractivity contribution in [1.82, 2.24) is 9.80 Å². The molecular weight excluding hydrogens is 136 g/mol. The number of hydrogen-bond donors (Lipinski definition) is 0. The maximum absolute atomic E-state index is 2.30. The molecule has 11 heavy (non-hydrogen) atoms. The van der Waals surface area contributed by atoms with Crippen molar-refractivity contribution in [2.45, 2.75) is 19.9 Å². The highest BCUT2D eigenvalue weighted by atomic mass is 15.1. The SMILES string of the molecule is CC(CN(C)C)C(C)N(C)C. The second-order valence-electron chi connectivity index (χ2n) is 3.94. The summed E-state index contributed by atoms with van der Waals surface area (Å²) >= 11 is 0. The van der Waals surface area contributed by atoms with Crippen LogP contribution in [0.2, 0.25) is 0 Å². The molecule has 0 rings (SSSR count). The Balaban J connectivity index is 3.73. The fourth-order valence-electron chi connectivity index (χ4n) is 1.24. The molecule has 0 heterocycles. The van der Waals surface area contributed by atoms with Crippen LogP contribution in [0.4, 0.5) is 0 Å². The van der Waals surface area contributed by atoms with Gasteiger partial charge in [-0.1, -0.05) is 6.92 Å². The van der Waals surface area contributed by atoms with Crippen LogP contribution in [0.5, 0.6) is 0 Å². The summed E-state index contributed by atoms with van der Waals surface area (Å²) in [6.07, 6.45) is 0. The van der Waals surface area contributed by atoms with E-state index in [0.29, 0.717) is 6.04 Å². The molecule has 0 aromatic heterocycles. The lowest BCUT2D eigenvalue weighted by atomic mass is 10.0. The molecule has 0 fully saturated rings. The van der Waals surface area contributed by atoms with Gasteiger partial charge in [-0.05, 0) is 41.0 Å². The van der Waals surface area contributed by atoms with E-state index in [1.807, 2.05) is 0 Å². The van der Waals surface area contributed by atoms with E-state index in [4.69, 9.17) is 0 Å². The van der Waals surface area contributed by atoms with Crippen LogP contribution in [0.25, 0.3) is 0 Å². The molecule has 0 spiro atoms. The van der Waals surface area contributed by atoms with Crippen LogP contribution in [-0.4, -0.2) is 50.6 Å². The van der Waals surface area contributed by atoms with Crippen LogP contribution < -0.4 is 0 Å². The maximum atomic E-state index is 2.30. The quantitative estimate of drug-likeness (QED) is 0.605. The lowest BCUT2D eigenvalue weighted by molar-refractivity contribution is 0.201. The molecule has 0 aliphatic carbocycles. The van der Waals surface area contributed by atoms with Gasteiger partial charge in [0, 0.05) is 12.6 Å². The van der Waals surface area contributed by atoms with Crippen molar-refractivity contribution in [2.75, 3.05) is 34.7 Å². The van der Waals surface area contributed by atoms with Gasteiger partial charge < -0.3 is 9.80 Å². The van der Waals surface area contributed by atoms with Crippen molar-refractivity contribution in [2.24, 2.45) is 5.92 Å². The Kier molecular flexibility index (Phi) is 4.69.